The van der Waals surface area contributed by atoms with E-state index in [1.54, 1.807) is 24.8 Å². The molecular weight excluding hydrogens is 188 g/mol. The van der Waals surface area contributed by atoms with Gasteiger partial charge in [0.05, 0.1) is 11.0 Å². The maximum atomic E-state index is 4.31. The van der Waals surface area contributed by atoms with E-state index in [1.807, 2.05) is 13.0 Å². The molecule has 0 aliphatic heterocycles. The lowest BCUT2D eigenvalue weighted by molar-refractivity contribution is 1.24. The van der Waals surface area contributed by atoms with Crippen LogP contribution in [0, 0.1) is 6.92 Å². The van der Waals surface area contributed by atoms with Crippen molar-refractivity contribution in [2.24, 2.45) is 0 Å². The highest BCUT2D eigenvalue weighted by Gasteiger charge is 2.06. The molecule has 4 heteroatoms. The molecule has 0 atom stereocenters. The van der Waals surface area contributed by atoms with E-state index < -0.39 is 0 Å². The van der Waals surface area contributed by atoms with Gasteiger partial charge in [0.25, 0.3) is 0 Å². The van der Waals surface area contributed by atoms with Crippen molar-refractivity contribution >= 4 is 22.1 Å². The standard InChI is InChI=1S/C11H8N4/c1-7-6-8-10(14-3-2-12-8)11-9(7)13-4-5-15-11/h2-6H,1H3. The Morgan fingerprint density at radius 2 is 1.33 bits per heavy atom. The van der Waals surface area contributed by atoms with E-state index in [-0.39, 0.29) is 0 Å². The first-order chi connectivity index (χ1) is 7.36. The summed E-state index contributed by atoms with van der Waals surface area (Å²) in [5, 5.41) is 0. The number of nitrogens with zero attached hydrogens (tertiary/aromatic N) is 4. The van der Waals surface area contributed by atoms with E-state index in [9.17, 15) is 0 Å². The maximum absolute atomic E-state index is 4.31. The fraction of sp³-hybridized carbons (Fsp3) is 0.0909. The molecule has 1 aromatic carbocycles. The van der Waals surface area contributed by atoms with Crippen LogP contribution in [0.3, 0.4) is 0 Å². The Bertz CT molecular complexity index is 648. The summed E-state index contributed by atoms with van der Waals surface area (Å²) in [7, 11) is 0. The third-order valence-electron chi connectivity index (χ3n) is 2.38. The lowest BCUT2D eigenvalue weighted by Gasteiger charge is -2.02. The van der Waals surface area contributed by atoms with Gasteiger partial charge in [-0.15, -0.1) is 0 Å². The second kappa shape index (κ2) is 2.95. The Balaban J connectivity index is 2.64. The Hall–Kier alpha value is -2.10. The molecule has 3 rings (SSSR count). The molecule has 0 saturated heterocycles. The predicted molar refractivity (Wildman–Crippen MR) is 57.4 cm³/mol. The van der Waals surface area contributed by atoms with Crippen molar-refractivity contribution in [3.63, 3.8) is 0 Å². The van der Waals surface area contributed by atoms with Gasteiger partial charge in [0.1, 0.15) is 11.0 Å². The van der Waals surface area contributed by atoms with Gasteiger partial charge in [-0.25, -0.2) is 0 Å². The lowest BCUT2D eigenvalue weighted by atomic mass is 10.1. The molecule has 0 saturated carbocycles. The Kier molecular flexibility index (Phi) is 1.62. The number of benzene rings is 1. The summed E-state index contributed by atoms with van der Waals surface area (Å²) in [4.78, 5) is 17.2. The fourth-order valence-electron chi connectivity index (χ4n) is 1.71. The topological polar surface area (TPSA) is 51.6 Å². The molecular formula is C11H8N4. The lowest BCUT2D eigenvalue weighted by Crippen LogP contribution is -1.91. The average Bonchev–Trinajstić information content (AvgIpc) is 2.30. The molecule has 2 aromatic heterocycles. The summed E-state index contributed by atoms with van der Waals surface area (Å²) in [6.45, 7) is 2.01. The molecule has 0 bridgehead atoms. The molecule has 0 radical (unpaired) electrons. The van der Waals surface area contributed by atoms with Crippen LogP contribution in [0.2, 0.25) is 0 Å². The predicted octanol–water partition coefficient (Wildman–Crippen LogP) is 1.88. The second-order valence-corrected chi connectivity index (χ2v) is 3.37. The molecule has 72 valence electrons. The monoisotopic (exact) mass is 196 g/mol. The highest BCUT2D eigenvalue weighted by Crippen LogP contribution is 2.21. The SMILES string of the molecule is Cc1cc2nccnc2c2nccnc12. The highest BCUT2D eigenvalue weighted by atomic mass is 14.8. The third kappa shape index (κ3) is 1.15. The highest BCUT2D eigenvalue weighted by molar-refractivity contribution is 6.00. The van der Waals surface area contributed by atoms with Crippen LogP contribution in [0.1, 0.15) is 5.56 Å². The van der Waals surface area contributed by atoms with Gasteiger partial charge < -0.3 is 0 Å². The van der Waals surface area contributed by atoms with Crippen molar-refractivity contribution in [1.82, 2.24) is 19.9 Å². The molecule has 3 aromatic rings. The average molecular weight is 196 g/mol. The third-order valence-corrected chi connectivity index (χ3v) is 2.38. The number of aromatic nitrogens is 4. The van der Waals surface area contributed by atoms with Crippen molar-refractivity contribution < 1.29 is 0 Å². The summed E-state index contributed by atoms with van der Waals surface area (Å²) in [6, 6.07) is 1.99. The smallest absolute Gasteiger partial charge is 0.117 e. The van der Waals surface area contributed by atoms with Crippen molar-refractivity contribution in [1.29, 1.82) is 0 Å². The molecule has 2 heterocycles. The largest absolute Gasteiger partial charge is 0.253 e. The van der Waals surface area contributed by atoms with Crippen LogP contribution in [0.15, 0.2) is 30.9 Å². The van der Waals surface area contributed by atoms with Gasteiger partial charge in [0.15, 0.2) is 0 Å². The zero-order valence-corrected chi connectivity index (χ0v) is 8.18. The number of aryl methyl sites for hydroxylation is 1. The van der Waals surface area contributed by atoms with Crippen molar-refractivity contribution in [3.8, 4) is 0 Å². The molecule has 0 aliphatic carbocycles. The molecule has 0 unspecified atom stereocenters. The summed E-state index contributed by atoms with van der Waals surface area (Å²) < 4.78 is 0. The Labute approximate surface area is 86.0 Å². The molecule has 0 amide bonds. The van der Waals surface area contributed by atoms with Crippen LogP contribution in [0.5, 0.6) is 0 Å². The minimum atomic E-state index is 0.811. The number of rotatable bonds is 0. The van der Waals surface area contributed by atoms with E-state index in [0.717, 1.165) is 27.6 Å². The molecule has 4 nitrogen and oxygen atoms in total. The van der Waals surface area contributed by atoms with Gasteiger partial charge >= 0.3 is 0 Å². The van der Waals surface area contributed by atoms with E-state index >= 15 is 0 Å². The number of hydrogen-bond acceptors (Lipinski definition) is 4. The summed E-state index contributed by atoms with van der Waals surface area (Å²) in [6.07, 6.45) is 6.73. The van der Waals surface area contributed by atoms with Crippen LogP contribution in [-0.2, 0) is 0 Å². The van der Waals surface area contributed by atoms with Crippen LogP contribution < -0.4 is 0 Å². The van der Waals surface area contributed by atoms with E-state index in [4.69, 9.17) is 0 Å². The van der Waals surface area contributed by atoms with Crippen LogP contribution in [0.25, 0.3) is 22.1 Å². The van der Waals surface area contributed by atoms with Crippen LogP contribution >= 0.6 is 0 Å². The van der Waals surface area contributed by atoms with Gasteiger partial charge in [-0.2, -0.15) is 0 Å². The van der Waals surface area contributed by atoms with Gasteiger partial charge in [-0.05, 0) is 18.6 Å². The molecule has 0 spiro atoms. The first-order valence-electron chi connectivity index (χ1n) is 4.67. The summed E-state index contributed by atoms with van der Waals surface area (Å²) in [5.74, 6) is 0. The molecule has 15 heavy (non-hydrogen) atoms. The van der Waals surface area contributed by atoms with E-state index in [0.29, 0.717) is 0 Å². The van der Waals surface area contributed by atoms with Gasteiger partial charge in [-0.3, -0.25) is 19.9 Å². The minimum Gasteiger partial charge on any atom is -0.253 e. The normalized spacial score (nSPS) is 11.0. The van der Waals surface area contributed by atoms with Gasteiger partial charge in [-0.1, -0.05) is 0 Å². The zero-order chi connectivity index (χ0) is 10.3. The second-order valence-electron chi connectivity index (χ2n) is 3.37. The van der Waals surface area contributed by atoms with E-state index in [1.165, 1.54) is 0 Å². The fourth-order valence-corrected chi connectivity index (χ4v) is 1.71. The summed E-state index contributed by atoms with van der Waals surface area (Å²) >= 11 is 0. The molecule has 0 fully saturated rings. The zero-order valence-electron chi connectivity index (χ0n) is 8.18. The van der Waals surface area contributed by atoms with Gasteiger partial charge in [0, 0.05) is 24.8 Å². The summed E-state index contributed by atoms with van der Waals surface area (Å²) in [5.41, 5.74) is 4.46. The van der Waals surface area contributed by atoms with Crippen LogP contribution in [-0.4, -0.2) is 19.9 Å². The van der Waals surface area contributed by atoms with Crippen molar-refractivity contribution in [2.75, 3.05) is 0 Å². The first kappa shape index (κ1) is 8.23. The Morgan fingerprint density at radius 1 is 0.733 bits per heavy atom. The first-order valence-corrected chi connectivity index (χ1v) is 4.67. The van der Waals surface area contributed by atoms with Crippen molar-refractivity contribution in [3.05, 3.63) is 36.4 Å². The number of fused-ring (bicyclic) bond motifs is 3. The van der Waals surface area contributed by atoms with Crippen LogP contribution in [0.4, 0.5) is 0 Å². The van der Waals surface area contributed by atoms with E-state index in [2.05, 4.69) is 19.9 Å². The number of hydrogen-bond donors (Lipinski definition) is 0. The van der Waals surface area contributed by atoms with Gasteiger partial charge in [0.2, 0.25) is 0 Å². The van der Waals surface area contributed by atoms with Crippen molar-refractivity contribution in [2.45, 2.75) is 6.92 Å². The molecule has 0 N–H and O–H groups in total. The molecule has 0 aliphatic rings. The Morgan fingerprint density at radius 3 is 2.13 bits per heavy atom. The quantitative estimate of drug-likeness (QED) is 0.515. The maximum Gasteiger partial charge on any atom is 0.117 e. The minimum absolute atomic E-state index is 0.811.